The van der Waals surface area contributed by atoms with Crippen LogP contribution in [0.15, 0.2) is 54.6 Å². The van der Waals surface area contributed by atoms with Gasteiger partial charge in [-0.15, -0.1) is 0 Å². The summed E-state index contributed by atoms with van der Waals surface area (Å²) in [6.07, 6.45) is -4.44. The van der Waals surface area contributed by atoms with E-state index in [-0.39, 0.29) is 18.3 Å². The SMILES string of the molecule is CN(CCNC(=O)COc1cccc(C(F)(F)F)c1)c1ccccc1. The summed E-state index contributed by atoms with van der Waals surface area (Å²) in [4.78, 5) is 13.7. The molecule has 0 aliphatic carbocycles. The molecular weight excluding hydrogens is 333 g/mol. The van der Waals surface area contributed by atoms with E-state index in [1.165, 1.54) is 12.1 Å². The summed E-state index contributed by atoms with van der Waals surface area (Å²) in [5, 5.41) is 2.67. The number of hydrogen-bond acceptors (Lipinski definition) is 3. The van der Waals surface area contributed by atoms with E-state index >= 15 is 0 Å². The molecule has 2 aromatic rings. The topological polar surface area (TPSA) is 41.6 Å². The predicted molar refractivity (Wildman–Crippen MR) is 89.7 cm³/mol. The lowest BCUT2D eigenvalue weighted by molar-refractivity contribution is -0.137. The van der Waals surface area contributed by atoms with E-state index in [1.54, 1.807) is 0 Å². The summed E-state index contributed by atoms with van der Waals surface area (Å²) in [5.74, 6) is -0.384. The van der Waals surface area contributed by atoms with Crippen molar-refractivity contribution >= 4 is 11.6 Å². The highest BCUT2D eigenvalue weighted by Gasteiger charge is 2.30. The predicted octanol–water partition coefficient (Wildman–Crippen LogP) is 3.34. The number of amides is 1. The zero-order valence-electron chi connectivity index (χ0n) is 13.7. The molecule has 2 rings (SSSR count). The fourth-order valence-electron chi connectivity index (χ4n) is 2.14. The number of hydrogen-bond donors (Lipinski definition) is 1. The van der Waals surface area contributed by atoms with Crippen LogP contribution >= 0.6 is 0 Å². The van der Waals surface area contributed by atoms with Gasteiger partial charge in [-0.3, -0.25) is 4.79 Å². The van der Waals surface area contributed by atoms with Gasteiger partial charge in [0.15, 0.2) is 6.61 Å². The van der Waals surface area contributed by atoms with Crippen LogP contribution in [0, 0.1) is 0 Å². The number of alkyl halides is 3. The molecule has 134 valence electrons. The van der Waals surface area contributed by atoms with Crippen molar-refractivity contribution in [1.29, 1.82) is 0 Å². The van der Waals surface area contributed by atoms with Crippen LogP contribution in [-0.2, 0) is 11.0 Å². The highest BCUT2D eigenvalue weighted by atomic mass is 19.4. The third-order valence-corrected chi connectivity index (χ3v) is 3.50. The standard InChI is InChI=1S/C18H19F3N2O2/c1-23(15-7-3-2-4-8-15)11-10-22-17(24)13-25-16-9-5-6-14(12-16)18(19,20)21/h2-9,12H,10-11,13H2,1H3,(H,22,24). The van der Waals surface area contributed by atoms with Crippen LogP contribution in [-0.4, -0.2) is 32.7 Å². The Balaban J connectivity index is 1.74. The minimum atomic E-state index is -4.44. The molecular formula is C18H19F3N2O2. The Morgan fingerprint density at radius 3 is 2.52 bits per heavy atom. The van der Waals surface area contributed by atoms with Gasteiger partial charge in [0.25, 0.3) is 5.91 Å². The molecule has 0 saturated heterocycles. The molecule has 0 unspecified atom stereocenters. The zero-order valence-corrected chi connectivity index (χ0v) is 13.7. The molecule has 0 heterocycles. The second-order valence-corrected chi connectivity index (χ2v) is 5.42. The number of carbonyl (C=O) groups is 1. The van der Waals surface area contributed by atoms with E-state index in [2.05, 4.69) is 5.32 Å². The van der Waals surface area contributed by atoms with Crippen molar-refractivity contribution < 1.29 is 22.7 Å². The van der Waals surface area contributed by atoms with E-state index in [9.17, 15) is 18.0 Å². The highest BCUT2D eigenvalue weighted by Crippen LogP contribution is 2.31. The highest BCUT2D eigenvalue weighted by molar-refractivity contribution is 5.77. The number of rotatable bonds is 7. The number of halogens is 3. The van der Waals surface area contributed by atoms with Crippen molar-refractivity contribution in [3.8, 4) is 5.75 Å². The van der Waals surface area contributed by atoms with Crippen molar-refractivity contribution in [1.82, 2.24) is 5.32 Å². The van der Waals surface area contributed by atoms with Crippen LogP contribution in [0.3, 0.4) is 0 Å². The van der Waals surface area contributed by atoms with Crippen molar-refractivity contribution in [2.24, 2.45) is 0 Å². The first-order valence-electron chi connectivity index (χ1n) is 7.69. The van der Waals surface area contributed by atoms with Gasteiger partial charge in [-0.1, -0.05) is 24.3 Å². The van der Waals surface area contributed by atoms with Crippen molar-refractivity contribution in [2.75, 3.05) is 31.6 Å². The molecule has 7 heteroatoms. The number of nitrogens with zero attached hydrogens (tertiary/aromatic N) is 1. The molecule has 0 saturated carbocycles. The largest absolute Gasteiger partial charge is 0.484 e. The molecule has 0 aromatic heterocycles. The lowest BCUT2D eigenvalue weighted by Gasteiger charge is -2.19. The fraction of sp³-hybridized carbons (Fsp3) is 0.278. The summed E-state index contributed by atoms with van der Waals surface area (Å²) in [5.41, 5.74) is 0.215. The van der Waals surface area contributed by atoms with Gasteiger partial charge in [-0.05, 0) is 30.3 Å². The maximum atomic E-state index is 12.6. The van der Waals surface area contributed by atoms with Crippen molar-refractivity contribution in [3.05, 3.63) is 60.2 Å². The summed E-state index contributed by atoms with van der Waals surface area (Å²) >= 11 is 0. The number of likely N-dealkylation sites (N-methyl/N-ethyl adjacent to an activating group) is 1. The second kappa shape index (κ2) is 8.41. The van der Waals surface area contributed by atoms with Crippen LogP contribution < -0.4 is 15.0 Å². The molecule has 0 spiro atoms. The van der Waals surface area contributed by atoms with E-state index in [0.29, 0.717) is 13.1 Å². The molecule has 0 aliphatic heterocycles. The summed E-state index contributed by atoms with van der Waals surface area (Å²) < 4.78 is 42.9. The minimum absolute atomic E-state index is 0.00591. The van der Waals surface area contributed by atoms with Gasteiger partial charge in [-0.25, -0.2) is 0 Å². The molecule has 4 nitrogen and oxygen atoms in total. The Kier molecular flexibility index (Phi) is 6.27. The Labute approximate surface area is 144 Å². The van der Waals surface area contributed by atoms with Gasteiger partial charge in [0.2, 0.25) is 0 Å². The van der Waals surface area contributed by atoms with Gasteiger partial charge in [0.1, 0.15) is 5.75 Å². The summed E-state index contributed by atoms with van der Waals surface area (Å²) in [6, 6.07) is 14.1. The number of nitrogens with one attached hydrogen (secondary N) is 1. The van der Waals surface area contributed by atoms with E-state index in [1.807, 2.05) is 42.3 Å². The van der Waals surface area contributed by atoms with Crippen LogP contribution in [0.1, 0.15) is 5.56 Å². The number of para-hydroxylation sites is 1. The Morgan fingerprint density at radius 1 is 1.12 bits per heavy atom. The van der Waals surface area contributed by atoms with Gasteiger partial charge >= 0.3 is 6.18 Å². The number of carbonyl (C=O) groups excluding carboxylic acids is 1. The number of benzene rings is 2. The second-order valence-electron chi connectivity index (χ2n) is 5.42. The normalized spacial score (nSPS) is 11.0. The first-order chi connectivity index (χ1) is 11.9. The Hall–Kier alpha value is -2.70. The zero-order chi connectivity index (χ0) is 18.3. The molecule has 0 radical (unpaired) electrons. The van der Waals surface area contributed by atoms with Crippen LogP contribution in [0.25, 0.3) is 0 Å². The maximum absolute atomic E-state index is 12.6. The Morgan fingerprint density at radius 2 is 1.84 bits per heavy atom. The van der Waals surface area contributed by atoms with Crippen molar-refractivity contribution in [3.63, 3.8) is 0 Å². The number of ether oxygens (including phenoxy) is 1. The van der Waals surface area contributed by atoms with Gasteiger partial charge in [-0.2, -0.15) is 13.2 Å². The van der Waals surface area contributed by atoms with Gasteiger partial charge < -0.3 is 15.0 Å². The van der Waals surface area contributed by atoms with Gasteiger partial charge in [0, 0.05) is 25.8 Å². The average molecular weight is 352 g/mol. The van der Waals surface area contributed by atoms with Crippen LogP contribution in [0.5, 0.6) is 5.75 Å². The molecule has 0 atom stereocenters. The number of anilines is 1. The molecule has 0 bridgehead atoms. The monoisotopic (exact) mass is 352 g/mol. The molecule has 1 amide bonds. The lowest BCUT2D eigenvalue weighted by atomic mass is 10.2. The summed E-state index contributed by atoms with van der Waals surface area (Å²) in [7, 11) is 1.90. The fourth-order valence-corrected chi connectivity index (χ4v) is 2.14. The average Bonchev–Trinajstić information content (AvgIpc) is 2.60. The minimum Gasteiger partial charge on any atom is -0.484 e. The maximum Gasteiger partial charge on any atom is 0.416 e. The molecule has 0 fully saturated rings. The molecule has 0 aliphatic rings. The van der Waals surface area contributed by atoms with Crippen LogP contribution in [0.2, 0.25) is 0 Å². The summed E-state index contributed by atoms with van der Waals surface area (Å²) in [6.45, 7) is 0.659. The molecule has 1 N–H and O–H groups in total. The molecule has 25 heavy (non-hydrogen) atoms. The van der Waals surface area contributed by atoms with Crippen LogP contribution in [0.4, 0.5) is 18.9 Å². The van der Waals surface area contributed by atoms with Crippen molar-refractivity contribution in [2.45, 2.75) is 6.18 Å². The lowest BCUT2D eigenvalue weighted by Crippen LogP contribution is -2.35. The third-order valence-electron chi connectivity index (χ3n) is 3.50. The smallest absolute Gasteiger partial charge is 0.416 e. The first-order valence-corrected chi connectivity index (χ1v) is 7.69. The Bertz CT molecular complexity index is 690. The third kappa shape index (κ3) is 6.02. The van der Waals surface area contributed by atoms with E-state index in [4.69, 9.17) is 4.74 Å². The molecule has 2 aromatic carbocycles. The van der Waals surface area contributed by atoms with Gasteiger partial charge in [0.05, 0.1) is 5.56 Å². The van der Waals surface area contributed by atoms with E-state index < -0.39 is 11.7 Å². The first kappa shape index (κ1) is 18.6. The quantitative estimate of drug-likeness (QED) is 0.831. The van der Waals surface area contributed by atoms with E-state index in [0.717, 1.165) is 17.8 Å².